The zero-order chi connectivity index (χ0) is 22.7. The van der Waals surface area contributed by atoms with Crippen LogP contribution in [0.4, 0.5) is 5.69 Å². The van der Waals surface area contributed by atoms with Gasteiger partial charge in [-0.15, -0.1) is 11.3 Å². The maximum Gasteiger partial charge on any atom is 0.338 e. The van der Waals surface area contributed by atoms with Crippen LogP contribution in [-0.4, -0.2) is 42.4 Å². The largest absolute Gasteiger partial charge is 0.462 e. The molecule has 0 bridgehead atoms. The van der Waals surface area contributed by atoms with Crippen molar-refractivity contribution >= 4 is 40.4 Å². The van der Waals surface area contributed by atoms with Crippen molar-refractivity contribution in [3.05, 3.63) is 57.9 Å². The minimum Gasteiger partial charge on any atom is -0.462 e. The van der Waals surface area contributed by atoms with E-state index in [1.165, 1.54) is 16.2 Å². The first-order valence-corrected chi connectivity index (χ1v) is 12.1. The van der Waals surface area contributed by atoms with Crippen LogP contribution in [0.15, 0.2) is 47.5 Å². The Bertz CT molecular complexity index is 1020. The monoisotopic (exact) mass is 452 g/mol. The van der Waals surface area contributed by atoms with E-state index < -0.39 is 5.97 Å². The molecule has 0 spiro atoms. The van der Waals surface area contributed by atoms with E-state index in [0.29, 0.717) is 35.0 Å². The molecule has 1 aromatic carbocycles. The van der Waals surface area contributed by atoms with E-state index >= 15 is 0 Å². The SMILES string of the molecule is CCCCOC(=O)c1ccc(N2C(=O)C(c3cccs3)=C(N3CCC(C)CC3)C2=O)cc1. The van der Waals surface area contributed by atoms with Gasteiger partial charge in [-0.2, -0.15) is 0 Å². The van der Waals surface area contributed by atoms with Crippen molar-refractivity contribution in [3.8, 4) is 0 Å². The van der Waals surface area contributed by atoms with Gasteiger partial charge >= 0.3 is 5.97 Å². The highest BCUT2D eigenvalue weighted by atomic mass is 32.1. The van der Waals surface area contributed by atoms with Crippen molar-refractivity contribution in [2.24, 2.45) is 5.92 Å². The van der Waals surface area contributed by atoms with Gasteiger partial charge in [0.2, 0.25) is 0 Å². The molecule has 0 N–H and O–H groups in total. The van der Waals surface area contributed by atoms with Gasteiger partial charge < -0.3 is 9.64 Å². The number of imide groups is 1. The number of esters is 1. The van der Waals surface area contributed by atoms with Crippen LogP contribution in [0, 0.1) is 5.92 Å². The number of benzene rings is 1. The molecule has 32 heavy (non-hydrogen) atoms. The van der Waals surface area contributed by atoms with Gasteiger partial charge in [0, 0.05) is 18.0 Å². The quantitative estimate of drug-likeness (QED) is 0.345. The normalized spacial score (nSPS) is 17.4. The van der Waals surface area contributed by atoms with Crippen LogP contribution in [0.2, 0.25) is 0 Å². The molecule has 2 amide bonds. The lowest BCUT2D eigenvalue weighted by Crippen LogP contribution is -2.38. The molecule has 0 aliphatic carbocycles. The Morgan fingerprint density at radius 2 is 1.81 bits per heavy atom. The predicted octanol–water partition coefficient (Wildman–Crippen LogP) is 4.72. The lowest BCUT2D eigenvalue weighted by atomic mass is 9.98. The Morgan fingerprint density at radius 3 is 2.44 bits per heavy atom. The average molecular weight is 453 g/mol. The van der Waals surface area contributed by atoms with Gasteiger partial charge in [0.1, 0.15) is 5.70 Å². The van der Waals surface area contributed by atoms with Gasteiger partial charge in [-0.25, -0.2) is 9.69 Å². The number of hydrogen-bond acceptors (Lipinski definition) is 6. The summed E-state index contributed by atoms with van der Waals surface area (Å²) < 4.78 is 5.25. The van der Waals surface area contributed by atoms with Crippen molar-refractivity contribution in [3.63, 3.8) is 0 Å². The van der Waals surface area contributed by atoms with Crippen LogP contribution in [0.5, 0.6) is 0 Å². The molecule has 2 aromatic rings. The molecule has 2 aliphatic heterocycles. The second-order valence-corrected chi connectivity index (χ2v) is 9.30. The van der Waals surface area contributed by atoms with E-state index in [-0.39, 0.29) is 11.8 Å². The van der Waals surface area contributed by atoms with Crippen LogP contribution < -0.4 is 4.90 Å². The third kappa shape index (κ3) is 4.35. The molecule has 1 fully saturated rings. The zero-order valence-corrected chi connectivity index (χ0v) is 19.3. The number of ether oxygens (including phenoxy) is 1. The lowest BCUT2D eigenvalue weighted by Gasteiger charge is -2.32. The molecule has 1 aromatic heterocycles. The number of unbranched alkanes of at least 4 members (excludes halogenated alkanes) is 1. The molecular weight excluding hydrogens is 424 g/mol. The van der Waals surface area contributed by atoms with Crippen LogP contribution in [-0.2, 0) is 14.3 Å². The Balaban J connectivity index is 1.60. The fourth-order valence-corrected chi connectivity index (χ4v) is 4.82. The molecule has 0 radical (unpaired) electrons. The molecule has 3 heterocycles. The Morgan fingerprint density at radius 1 is 1.09 bits per heavy atom. The summed E-state index contributed by atoms with van der Waals surface area (Å²) in [5.41, 5.74) is 1.83. The van der Waals surface area contributed by atoms with Gasteiger partial charge in [0.05, 0.1) is 23.4 Å². The van der Waals surface area contributed by atoms with E-state index in [2.05, 4.69) is 11.8 Å². The average Bonchev–Trinajstić information content (AvgIpc) is 3.41. The summed E-state index contributed by atoms with van der Waals surface area (Å²) in [6.07, 6.45) is 3.76. The predicted molar refractivity (Wildman–Crippen MR) is 125 cm³/mol. The number of anilines is 1. The first kappa shape index (κ1) is 22.3. The molecule has 4 rings (SSSR count). The van der Waals surface area contributed by atoms with E-state index in [0.717, 1.165) is 43.6 Å². The smallest absolute Gasteiger partial charge is 0.338 e. The van der Waals surface area contributed by atoms with Gasteiger partial charge in [-0.3, -0.25) is 9.59 Å². The summed E-state index contributed by atoms with van der Waals surface area (Å²) in [6.45, 7) is 6.16. The molecule has 7 heteroatoms. The lowest BCUT2D eigenvalue weighted by molar-refractivity contribution is -0.120. The van der Waals surface area contributed by atoms with E-state index in [4.69, 9.17) is 4.74 Å². The Hall–Kier alpha value is -2.93. The molecular formula is C25H28N2O4S. The maximum absolute atomic E-state index is 13.5. The summed E-state index contributed by atoms with van der Waals surface area (Å²) in [7, 11) is 0. The highest BCUT2D eigenvalue weighted by Crippen LogP contribution is 2.37. The fraction of sp³-hybridized carbons (Fsp3) is 0.400. The molecule has 6 nitrogen and oxygen atoms in total. The number of piperidine rings is 1. The minimum absolute atomic E-state index is 0.300. The number of likely N-dealkylation sites (tertiary alicyclic amines) is 1. The summed E-state index contributed by atoms with van der Waals surface area (Å²) >= 11 is 1.46. The molecule has 0 atom stereocenters. The van der Waals surface area contributed by atoms with Crippen LogP contribution >= 0.6 is 11.3 Å². The number of carbonyl (C=O) groups excluding carboxylic acids is 3. The van der Waals surface area contributed by atoms with Gasteiger partial charge in [-0.05, 0) is 60.9 Å². The van der Waals surface area contributed by atoms with E-state index in [9.17, 15) is 14.4 Å². The number of nitrogens with zero attached hydrogens (tertiary/aromatic N) is 2. The third-order valence-corrected chi connectivity index (χ3v) is 6.91. The summed E-state index contributed by atoms with van der Waals surface area (Å²) in [5.74, 6) is -0.398. The number of amides is 2. The Kier molecular flexibility index (Phi) is 6.74. The van der Waals surface area contributed by atoms with Gasteiger partial charge in [0.25, 0.3) is 11.8 Å². The van der Waals surface area contributed by atoms with Gasteiger partial charge in [0.15, 0.2) is 0 Å². The van der Waals surface area contributed by atoms with Crippen molar-refractivity contribution in [2.45, 2.75) is 39.5 Å². The van der Waals surface area contributed by atoms with Crippen LogP contribution in [0.3, 0.4) is 0 Å². The Labute approximate surface area is 192 Å². The minimum atomic E-state index is -0.399. The molecule has 0 unspecified atom stereocenters. The van der Waals surface area contributed by atoms with E-state index in [1.807, 2.05) is 24.4 Å². The molecule has 0 saturated carbocycles. The standard InChI is InChI=1S/C25H28N2O4S/c1-3-4-15-31-25(30)18-7-9-19(10-8-18)27-23(28)21(20-6-5-16-32-20)22(24(27)29)26-13-11-17(2)12-14-26/h5-10,16-17H,3-4,11-15H2,1-2H3. The maximum atomic E-state index is 13.5. The number of rotatable bonds is 7. The third-order valence-electron chi connectivity index (χ3n) is 6.02. The fourth-order valence-electron chi connectivity index (χ4n) is 4.06. The van der Waals surface area contributed by atoms with Crippen molar-refractivity contribution in [1.82, 2.24) is 4.90 Å². The highest BCUT2D eigenvalue weighted by Gasteiger charge is 2.43. The second kappa shape index (κ2) is 9.69. The number of carbonyl (C=O) groups is 3. The highest BCUT2D eigenvalue weighted by molar-refractivity contribution is 7.11. The molecule has 168 valence electrons. The van der Waals surface area contributed by atoms with Crippen LogP contribution in [0.25, 0.3) is 5.57 Å². The number of hydrogen-bond donors (Lipinski definition) is 0. The van der Waals surface area contributed by atoms with Crippen molar-refractivity contribution < 1.29 is 19.1 Å². The number of thiophene rings is 1. The topological polar surface area (TPSA) is 66.9 Å². The molecule has 1 saturated heterocycles. The van der Waals surface area contributed by atoms with Crippen molar-refractivity contribution in [2.75, 3.05) is 24.6 Å². The first-order valence-electron chi connectivity index (χ1n) is 11.2. The van der Waals surface area contributed by atoms with Crippen molar-refractivity contribution in [1.29, 1.82) is 0 Å². The van der Waals surface area contributed by atoms with Gasteiger partial charge in [-0.1, -0.05) is 26.3 Å². The summed E-state index contributed by atoms with van der Waals surface area (Å²) in [5, 5.41) is 1.91. The summed E-state index contributed by atoms with van der Waals surface area (Å²) in [4.78, 5) is 43.3. The zero-order valence-electron chi connectivity index (χ0n) is 18.5. The van der Waals surface area contributed by atoms with Crippen LogP contribution in [0.1, 0.15) is 54.8 Å². The molecule has 2 aliphatic rings. The second-order valence-electron chi connectivity index (χ2n) is 8.35. The first-order chi connectivity index (χ1) is 15.5. The van der Waals surface area contributed by atoms with E-state index in [1.54, 1.807) is 24.3 Å². The summed E-state index contributed by atoms with van der Waals surface area (Å²) in [6, 6.07) is 10.3.